The fourth-order valence-corrected chi connectivity index (χ4v) is 2.91. The molecule has 0 spiro atoms. The summed E-state index contributed by atoms with van der Waals surface area (Å²) in [5, 5.41) is 7.72. The van der Waals surface area contributed by atoms with Gasteiger partial charge in [-0.2, -0.15) is 4.98 Å². The second-order valence-electron chi connectivity index (χ2n) is 4.15. The van der Waals surface area contributed by atoms with E-state index in [-0.39, 0.29) is 11.2 Å². The summed E-state index contributed by atoms with van der Waals surface area (Å²) in [6.07, 6.45) is 6.45. The van der Waals surface area contributed by atoms with E-state index in [0.29, 0.717) is 10.9 Å². The molecule has 1 N–H and O–H groups in total. The minimum absolute atomic E-state index is 0.0873. The van der Waals surface area contributed by atoms with Gasteiger partial charge in [0, 0.05) is 18.9 Å². The van der Waals surface area contributed by atoms with Gasteiger partial charge in [0.25, 0.3) is 5.78 Å². The molecule has 1 aliphatic rings. The van der Waals surface area contributed by atoms with Crippen molar-refractivity contribution >= 4 is 23.4 Å². The molecule has 1 aliphatic heterocycles. The minimum atomic E-state index is -0.0927. The van der Waals surface area contributed by atoms with E-state index in [2.05, 4.69) is 20.4 Å². The Hall–Kier alpha value is -1.63. The summed E-state index contributed by atoms with van der Waals surface area (Å²) in [4.78, 5) is 20.2. The van der Waals surface area contributed by atoms with Crippen molar-refractivity contribution < 1.29 is 4.79 Å². The normalized spacial score (nSPS) is 20.7. The minimum Gasteiger partial charge on any atom is -0.355 e. The number of amides is 1. The molecule has 1 amide bonds. The van der Waals surface area contributed by atoms with Gasteiger partial charge in [-0.15, -0.1) is 5.10 Å². The van der Waals surface area contributed by atoms with E-state index < -0.39 is 0 Å². The first-order valence-corrected chi connectivity index (χ1v) is 6.83. The molecular weight excluding hydrogens is 250 g/mol. The van der Waals surface area contributed by atoms with Crippen LogP contribution in [0.15, 0.2) is 23.6 Å². The fraction of sp³-hybridized carbons (Fsp3) is 0.455. The van der Waals surface area contributed by atoms with Crippen LogP contribution in [0.4, 0.5) is 0 Å². The molecular formula is C11H13N5OS. The van der Waals surface area contributed by atoms with Crippen molar-refractivity contribution in [2.24, 2.45) is 0 Å². The number of nitrogens with one attached hydrogen (secondary N) is 1. The third-order valence-electron chi connectivity index (χ3n) is 2.83. The van der Waals surface area contributed by atoms with Crippen molar-refractivity contribution in [3.05, 3.63) is 18.5 Å². The number of hydrogen-bond acceptors (Lipinski definition) is 5. The van der Waals surface area contributed by atoms with Crippen molar-refractivity contribution in [2.45, 2.75) is 29.7 Å². The molecule has 0 aliphatic carbocycles. The molecule has 0 saturated carbocycles. The Kier molecular flexibility index (Phi) is 3.14. The Morgan fingerprint density at radius 1 is 1.44 bits per heavy atom. The quantitative estimate of drug-likeness (QED) is 0.871. The number of hydrogen-bond donors (Lipinski definition) is 1. The molecule has 2 aromatic heterocycles. The predicted molar refractivity (Wildman–Crippen MR) is 67.3 cm³/mol. The Morgan fingerprint density at radius 3 is 3.28 bits per heavy atom. The molecule has 94 valence electrons. The number of fused-ring (bicyclic) bond motifs is 1. The highest BCUT2D eigenvalue weighted by Gasteiger charge is 2.23. The van der Waals surface area contributed by atoms with Crippen LogP contribution in [0.3, 0.4) is 0 Å². The van der Waals surface area contributed by atoms with Crippen LogP contribution in [-0.4, -0.2) is 37.3 Å². The zero-order valence-electron chi connectivity index (χ0n) is 9.74. The van der Waals surface area contributed by atoms with E-state index in [1.165, 1.54) is 11.8 Å². The maximum atomic E-state index is 11.8. The second kappa shape index (κ2) is 4.93. The van der Waals surface area contributed by atoms with E-state index in [9.17, 15) is 4.79 Å². The number of rotatable bonds is 2. The zero-order chi connectivity index (χ0) is 12.4. The second-order valence-corrected chi connectivity index (χ2v) is 5.32. The van der Waals surface area contributed by atoms with Crippen molar-refractivity contribution in [3.63, 3.8) is 0 Å². The molecule has 0 radical (unpaired) electrons. The van der Waals surface area contributed by atoms with Crippen LogP contribution in [0.1, 0.15) is 19.3 Å². The summed E-state index contributed by atoms with van der Waals surface area (Å²) < 4.78 is 1.62. The Bertz CT molecular complexity index is 536. The maximum Gasteiger partial charge on any atom is 0.253 e. The van der Waals surface area contributed by atoms with Gasteiger partial charge >= 0.3 is 0 Å². The van der Waals surface area contributed by atoms with E-state index in [4.69, 9.17) is 0 Å². The average Bonchev–Trinajstić information content (AvgIpc) is 2.68. The number of aromatic nitrogens is 4. The molecule has 0 aromatic carbocycles. The molecule has 1 saturated heterocycles. The summed E-state index contributed by atoms with van der Waals surface area (Å²) in [5.41, 5.74) is 0. The molecule has 2 aromatic rings. The van der Waals surface area contributed by atoms with Gasteiger partial charge in [-0.1, -0.05) is 18.2 Å². The topological polar surface area (TPSA) is 72.2 Å². The van der Waals surface area contributed by atoms with Gasteiger partial charge < -0.3 is 5.32 Å². The predicted octanol–water partition coefficient (Wildman–Crippen LogP) is 0.885. The highest BCUT2D eigenvalue weighted by Crippen LogP contribution is 2.25. The summed E-state index contributed by atoms with van der Waals surface area (Å²) in [6.45, 7) is 0.774. The Labute approximate surface area is 108 Å². The Balaban J connectivity index is 1.80. The van der Waals surface area contributed by atoms with Gasteiger partial charge in [-0.25, -0.2) is 9.50 Å². The average molecular weight is 263 g/mol. The molecule has 0 unspecified atom stereocenters. The van der Waals surface area contributed by atoms with Gasteiger partial charge in [0.05, 0.1) is 5.25 Å². The van der Waals surface area contributed by atoms with Crippen molar-refractivity contribution in [1.29, 1.82) is 0 Å². The lowest BCUT2D eigenvalue weighted by atomic mass is 10.2. The number of carbonyl (C=O) groups is 1. The third kappa shape index (κ3) is 2.31. The van der Waals surface area contributed by atoms with Crippen LogP contribution < -0.4 is 5.32 Å². The number of carbonyl (C=O) groups excluding carboxylic acids is 1. The van der Waals surface area contributed by atoms with Gasteiger partial charge in [-0.05, 0) is 18.9 Å². The van der Waals surface area contributed by atoms with Gasteiger partial charge in [-0.3, -0.25) is 4.79 Å². The standard InChI is InChI=1S/C11H13N5OS/c17-9-8(4-1-2-5-12-9)18-11-14-10-13-6-3-7-16(10)15-11/h3,6-8H,1-2,4-5H2,(H,12,17)/t8-/m1/s1. The molecule has 6 nitrogen and oxygen atoms in total. The monoisotopic (exact) mass is 263 g/mol. The largest absolute Gasteiger partial charge is 0.355 e. The van der Waals surface area contributed by atoms with E-state index in [1.807, 2.05) is 0 Å². The summed E-state index contributed by atoms with van der Waals surface area (Å²) in [6, 6.07) is 1.80. The summed E-state index contributed by atoms with van der Waals surface area (Å²) in [5.74, 6) is 0.651. The maximum absolute atomic E-state index is 11.8. The molecule has 1 atom stereocenters. The smallest absolute Gasteiger partial charge is 0.253 e. The lowest BCUT2D eigenvalue weighted by molar-refractivity contribution is -0.120. The number of thioether (sulfide) groups is 1. The van der Waals surface area contributed by atoms with Crippen LogP contribution in [0.2, 0.25) is 0 Å². The SMILES string of the molecule is O=C1NCCCC[C@H]1Sc1nc2ncccn2n1. The van der Waals surface area contributed by atoms with Crippen molar-refractivity contribution in [1.82, 2.24) is 24.9 Å². The first-order chi connectivity index (χ1) is 8.83. The lowest BCUT2D eigenvalue weighted by Gasteiger charge is -2.09. The van der Waals surface area contributed by atoms with E-state index >= 15 is 0 Å². The molecule has 3 heterocycles. The third-order valence-corrected chi connectivity index (χ3v) is 3.95. The highest BCUT2D eigenvalue weighted by molar-refractivity contribution is 8.00. The fourth-order valence-electron chi connectivity index (χ4n) is 1.91. The number of nitrogens with zero attached hydrogens (tertiary/aromatic N) is 4. The zero-order valence-corrected chi connectivity index (χ0v) is 10.6. The molecule has 3 rings (SSSR count). The van der Waals surface area contributed by atoms with Gasteiger partial charge in [0.1, 0.15) is 0 Å². The van der Waals surface area contributed by atoms with E-state index in [0.717, 1.165) is 25.8 Å². The molecule has 1 fully saturated rings. The van der Waals surface area contributed by atoms with Gasteiger partial charge in [0.15, 0.2) is 0 Å². The Morgan fingerprint density at radius 2 is 2.39 bits per heavy atom. The molecule has 18 heavy (non-hydrogen) atoms. The van der Waals surface area contributed by atoms with Crippen molar-refractivity contribution in [3.8, 4) is 0 Å². The van der Waals surface area contributed by atoms with Crippen molar-refractivity contribution in [2.75, 3.05) is 6.54 Å². The lowest BCUT2D eigenvalue weighted by Crippen LogP contribution is -2.30. The van der Waals surface area contributed by atoms with Crippen LogP contribution >= 0.6 is 11.8 Å². The van der Waals surface area contributed by atoms with Crippen LogP contribution in [0.5, 0.6) is 0 Å². The highest BCUT2D eigenvalue weighted by atomic mass is 32.2. The van der Waals surface area contributed by atoms with Gasteiger partial charge in [0.2, 0.25) is 11.1 Å². The summed E-state index contributed by atoms with van der Waals surface area (Å²) >= 11 is 1.42. The molecule has 7 heteroatoms. The van der Waals surface area contributed by atoms with Crippen LogP contribution in [0, 0.1) is 0 Å². The molecule has 0 bridgehead atoms. The summed E-state index contributed by atoms with van der Waals surface area (Å²) in [7, 11) is 0. The first-order valence-electron chi connectivity index (χ1n) is 5.95. The van der Waals surface area contributed by atoms with E-state index in [1.54, 1.807) is 23.0 Å². The first kappa shape index (κ1) is 11.5. The van der Waals surface area contributed by atoms with Crippen LogP contribution in [0.25, 0.3) is 5.78 Å². The van der Waals surface area contributed by atoms with Crippen LogP contribution in [-0.2, 0) is 4.79 Å².